The molecule has 1 fully saturated rings. The van der Waals surface area contributed by atoms with Gasteiger partial charge in [-0.25, -0.2) is 15.0 Å². The van der Waals surface area contributed by atoms with E-state index in [0.717, 1.165) is 5.56 Å². The van der Waals surface area contributed by atoms with Crippen LogP contribution in [-0.2, 0) is 16.1 Å². The number of halogens is 2. The molecule has 0 unspecified atom stereocenters. The first-order chi connectivity index (χ1) is 18.7. The van der Waals surface area contributed by atoms with Crippen molar-refractivity contribution in [2.24, 2.45) is 0 Å². The summed E-state index contributed by atoms with van der Waals surface area (Å²) in [5, 5.41) is 3.50. The van der Waals surface area contributed by atoms with E-state index in [-0.39, 0.29) is 34.0 Å². The van der Waals surface area contributed by atoms with Gasteiger partial charge in [-0.3, -0.25) is 19.2 Å². The van der Waals surface area contributed by atoms with Crippen LogP contribution in [-0.4, -0.2) is 58.4 Å². The number of nitrogens with zero attached hydrogens (tertiary/aromatic N) is 5. The minimum Gasteiger partial charge on any atom is -0.337 e. The Morgan fingerprint density at radius 1 is 1.13 bits per heavy atom. The molecule has 0 aliphatic carbocycles. The Morgan fingerprint density at radius 2 is 1.90 bits per heavy atom. The average molecular weight is 701 g/mol. The molecule has 2 amide bonds. The van der Waals surface area contributed by atoms with Crippen molar-refractivity contribution in [1.29, 1.82) is 0 Å². The third kappa shape index (κ3) is 5.62. The second-order valence-electron chi connectivity index (χ2n) is 9.07. The fourth-order valence-corrected chi connectivity index (χ4v) is 6.11. The Bertz CT molecular complexity index is 1610. The van der Waals surface area contributed by atoms with Gasteiger partial charge in [-0.2, -0.15) is 0 Å². The lowest BCUT2D eigenvalue weighted by Gasteiger charge is -2.27. The maximum absolute atomic E-state index is 13.6. The lowest BCUT2D eigenvalue weighted by molar-refractivity contribution is -0.137. The van der Waals surface area contributed by atoms with Crippen molar-refractivity contribution in [3.63, 3.8) is 0 Å². The number of aldehydes is 1. The lowest BCUT2D eigenvalue weighted by Crippen LogP contribution is -2.46. The molecule has 2 atom stereocenters. The van der Waals surface area contributed by atoms with Gasteiger partial charge < -0.3 is 14.8 Å². The van der Waals surface area contributed by atoms with Crippen molar-refractivity contribution in [1.82, 2.24) is 24.4 Å². The number of benzene rings is 1. The van der Waals surface area contributed by atoms with E-state index in [1.54, 1.807) is 46.3 Å². The van der Waals surface area contributed by atoms with Crippen LogP contribution < -0.4 is 5.32 Å². The molecule has 1 aliphatic rings. The number of hydrogen-bond acceptors (Lipinski definition) is 7. The minimum atomic E-state index is -0.629. The summed E-state index contributed by atoms with van der Waals surface area (Å²) in [5.41, 5.74) is 2.66. The first-order valence-electron chi connectivity index (χ1n) is 12.0. The number of hydrogen-bond donors (Lipinski definition) is 1. The number of alkyl halides is 1. The number of carbonyl (C=O) groups is 4. The van der Waals surface area contributed by atoms with E-state index >= 15 is 0 Å². The van der Waals surface area contributed by atoms with Crippen LogP contribution >= 0.6 is 38.5 Å². The molecule has 198 valence electrons. The molecular weight excluding hydrogens is 679 g/mol. The van der Waals surface area contributed by atoms with Gasteiger partial charge in [0.25, 0.3) is 0 Å². The van der Waals surface area contributed by atoms with Gasteiger partial charge in [0.05, 0.1) is 4.05 Å². The Morgan fingerprint density at radius 3 is 2.59 bits per heavy atom. The first-order valence-corrected chi connectivity index (χ1v) is 14.1. The molecule has 1 saturated heterocycles. The number of carbonyl (C=O) groups excluding carboxylic acids is 4. The van der Waals surface area contributed by atoms with Crippen LogP contribution in [0.3, 0.4) is 0 Å². The summed E-state index contributed by atoms with van der Waals surface area (Å²) in [6, 6.07) is 10.1. The molecule has 39 heavy (non-hydrogen) atoms. The van der Waals surface area contributed by atoms with Crippen molar-refractivity contribution in [3.05, 3.63) is 71.0 Å². The van der Waals surface area contributed by atoms with Crippen molar-refractivity contribution in [2.75, 3.05) is 5.32 Å². The number of amides is 2. The Hall–Kier alpha value is -3.52. The van der Waals surface area contributed by atoms with Gasteiger partial charge in [0.15, 0.2) is 17.9 Å². The molecule has 12 heteroatoms. The normalized spacial score (nSPS) is 16.8. The molecule has 10 nitrogen and oxygen atoms in total. The maximum atomic E-state index is 13.6. The number of nitrogens with one attached hydrogen (secondary N) is 1. The van der Waals surface area contributed by atoms with Crippen LogP contribution in [0.25, 0.3) is 22.0 Å². The Labute approximate surface area is 245 Å². The standard InChI is InChI=1S/C27H22BrIN6O4/c1-15(37)19-12-34(20-6-5-16(9-18(19)20)17-10-30-25(14-36)31-11-17)13-26(38)35-21(7-8-23(35)29)27(39)33-24-4-2-3-22(28)32-24/h2-6,9-12,14,21,23H,7-8,13H2,1H3,(H,32,33,39)/t21-,23-/m0/s1. The molecule has 0 saturated carbocycles. The van der Waals surface area contributed by atoms with Crippen LogP contribution in [0.1, 0.15) is 40.7 Å². The third-order valence-electron chi connectivity index (χ3n) is 6.55. The summed E-state index contributed by atoms with van der Waals surface area (Å²) < 4.78 is 2.20. The summed E-state index contributed by atoms with van der Waals surface area (Å²) in [5.74, 6) is -0.152. The summed E-state index contributed by atoms with van der Waals surface area (Å²) >= 11 is 5.49. The van der Waals surface area contributed by atoms with E-state index in [1.165, 1.54) is 6.92 Å². The molecule has 3 aromatic heterocycles. The van der Waals surface area contributed by atoms with E-state index in [1.807, 2.05) is 18.2 Å². The number of anilines is 1. The highest BCUT2D eigenvalue weighted by atomic mass is 127. The van der Waals surface area contributed by atoms with Crippen molar-refractivity contribution in [3.8, 4) is 11.1 Å². The Balaban J connectivity index is 1.41. The van der Waals surface area contributed by atoms with Crippen LogP contribution in [0.5, 0.6) is 0 Å². The zero-order valence-electron chi connectivity index (χ0n) is 20.7. The van der Waals surface area contributed by atoms with Crippen LogP contribution in [0, 0.1) is 0 Å². The second-order valence-corrected chi connectivity index (χ2v) is 11.3. The summed E-state index contributed by atoms with van der Waals surface area (Å²) in [4.78, 5) is 64.0. The third-order valence-corrected chi connectivity index (χ3v) is 8.21. The van der Waals surface area contributed by atoms with Gasteiger partial charge in [-0.15, -0.1) is 0 Å². The predicted octanol–water partition coefficient (Wildman–Crippen LogP) is 4.66. The molecular formula is C27H22BrIN6O4. The molecule has 0 bridgehead atoms. The smallest absolute Gasteiger partial charge is 0.248 e. The summed E-state index contributed by atoms with van der Waals surface area (Å²) in [7, 11) is 0. The second kappa shape index (κ2) is 11.3. The fourth-order valence-electron chi connectivity index (χ4n) is 4.71. The zero-order valence-corrected chi connectivity index (χ0v) is 24.4. The SMILES string of the molecule is CC(=O)c1cn(CC(=O)N2[C@H](I)CC[C@H]2C(=O)Nc2cccc(Br)n2)c2ccc(-c3cnc(C=O)nc3)cc12. The number of rotatable bonds is 7. The number of fused-ring (bicyclic) bond motifs is 1. The average Bonchev–Trinajstić information content (AvgIpc) is 3.49. The molecule has 5 rings (SSSR count). The first kappa shape index (κ1) is 27.1. The molecule has 0 radical (unpaired) electrons. The molecule has 1 aliphatic heterocycles. The van der Waals surface area contributed by atoms with Gasteiger partial charge in [0.2, 0.25) is 11.8 Å². The quantitative estimate of drug-likeness (QED) is 0.0742. The van der Waals surface area contributed by atoms with Crippen molar-refractivity contribution >= 4 is 79.1 Å². The summed E-state index contributed by atoms with van der Waals surface area (Å²) in [6.45, 7) is 1.45. The highest BCUT2D eigenvalue weighted by molar-refractivity contribution is 14.1. The van der Waals surface area contributed by atoms with E-state index in [4.69, 9.17) is 0 Å². The van der Waals surface area contributed by atoms with E-state index in [2.05, 4.69) is 58.8 Å². The number of likely N-dealkylation sites (tertiary alicyclic amines) is 1. The van der Waals surface area contributed by atoms with Gasteiger partial charge in [0.1, 0.15) is 23.0 Å². The Kier molecular flexibility index (Phi) is 7.84. The number of pyridine rings is 1. The largest absolute Gasteiger partial charge is 0.337 e. The molecule has 0 spiro atoms. The van der Waals surface area contributed by atoms with Crippen LogP contribution in [0.2, 0.25) is 0 Å². The highest BCUT2D eigenvalue weighted by Crippen LogP contribution is 2.32. The monoisotopic (exact) mass is 700 g/mol. The predicted molar refractivity (Wildman–Crippen MR) is 157 cm³/mol. The van der Waals surface area contributed by atoms with Gasteiger partial charge in [0, 0.05) is 40.6 Å². The molecule has 4 heterocycles. The number of ketones is 1. The van der Waals surface area contributed by atoms with E-state index in [9.17, 15) is 19.2 Å². The van der Waals surface area contributed by atoms with Crippen LogP contribution in [0.4, 0.5) is 5.82 Å². The minimum absolute atomic E-state index is 0.0291. The van der Waals surface area contributed by atoms with E-state index in [0.29, 0.717) is 51.6 Å². The van der Waals surface area contributed by atoms with Gasteiger partial charge >= 0.3 is 0 Å². The number of aromatic nitrogens is 4. The molecule has 4 aromatic rings. The van der Waals surface area contributed by atoms with Crippen molar-refractivity contribution < 1.29 is 19.2 Å². The zero-order chi connectivity index (χ0) is 27.7. The van der Waals surface area contributed by atoms with E-state index < -0.39 is 6.04 Å². The molecule has 1 N–H and O–H groups in total. The summed E-state index contributed by atoms with van der Waals surface area (Å²) in [6.07, 6.45) is 6.58. The maximum Gasteiger partial charge on any atom is 0.248 e. The van der Waals surface area contributed by atoms with Gasteiger partial charge in [-0.05, 0) is 65.5 Å². The highest BCUT2D eigenvalue weighted by Gasteiger charge is 2.40. The number of Topliss-reactive ketones (excluding diaryl/α,β-unsaturated/α-hetero) is 1. The molecule has 1 aromatic carbocycles. The fraction of sp³-hybridized carbons (Fsp3) is 0.222. The van der Waals surface area contributed by atoms with Crippen molar-refractivity contribution in [2.45, 2.75) is 36.4 Å². The topological polar surface area (TPSA) is 127 Å². The lowest BCUT2D eigenvalue weighted by atomic mass is 10.0. The van der Waals surface area contributed by atoms with Gasteiger partial charge in [-0.1, -0.05) is 34.7 Å². The van der Waals surface area contributed by atoms with Crippen LogP contribution in [0.15, 0.2) is 59.6 Å².